The summed E-state index contributed by atoms with van der Waals surface area (Å²) in [5, 5.41) is 2.72. The SMILES string of the molecule is CCCCOC(=O)c1ccc(NC(=O)c2cccc(S(=O)(=O)N3CCOCC3)c2)cc1. The molecule has 3 rings (SSSR count). The molecule has 1 aliphatic rings. The number of amides is 1. The van der Waals surface area contributed by atoms with Gasteiger partial charge in [-0.25, -0.2) is 13.2 Å². The van der Waals surface area contributed by atoms with Crippen LogP contribution in [0.5, 0.6) is 0 Å². The summed E-state index contributed by atoms with van der Waals surface area (Å²) in [6.45, 7) is 3.65. The minimum absolute atomic E-state index is 0.0622. The molecule has 166 valence electrons. The van der Waals surface area contributed by atoms with Gasteiger partial charge in [0.1, 0.15) is 0 Å². The molecular formula is C22H26N2O6S. The van der Waals surface area contributed by atoms with E-state index < -0.39 is 21.9 Å². The Morgan fingerprint density at radius 3 is 2.45 bits per heavy atom. The second-order valence-corrected chi connectivity index (χ2v) is 9.00. The average molecular weight is 447 g/mol. The Morgan fingerprint density at radius 2 is 1.77 bits per heavy atom. The third kappa shape index (κ3) is 5.90. The predicted molar refractivity (Wildman–Crippen MR) is 116 cm³/mol. The fourth-order valence-electron chi connectivity index (χ4n) is 3.02. The van der Waals surface area contributed by atoms with Gasteiger partial charge in [-0.05, 0) is 48.9 Å². The van der Waals surface area contributed by atoms with Gasteiger partial charge in [-0.1, -0.05) is 19.4 Å². The third-order valence-electron chi connectivity index (χ3n) is 4.81. The first kappa shape index (κ1) is 22.9. The van der Waals surface area contributed by atoms with Crippen molar-refractivity contribution in [3.8, 4) is 0 Å². The van der Waals surface area contributed by atoms with Gasteiger partial charge in [-0.3, -0.25) is 4.79 Å². The minimum Gasteiger partial charge on any atom is -0.462 e. The van der Waals surface area contributed by atoms with E-state index in [-0.39, 0.29) is 23.5 Å². The standard InChI is InChI=1S/C22H26N2O6S/c1-2-3-13-30-22(26)17-7-9-19(10-8-17)23-21(25)18-5-4-6-20(16-18)31(27,28)24-11-14-29-15-12-24/h4-10,16H,2-3,11-15H2,1H3,(H,23,25). The Hall–Kier alpha value is -2.75. The van der Waals surface area contributed by atoms with Crippen molar-refractivity contribution in [1.82, 2.24) is 4.31 Å². The van der Waals surface area contributed by atoms with E-state index in [1.807, 2.05) is 6.92 Å². The van der Waals surface area contributed by atoms with Gasteiger partial charge >= 0.3 is 5.97 Å². The molecule has 0 radical (unpaired) electrons. The monoisotopic (exact) mass is 446 g/mol. The van der Waals surface area contributed by atoms with E-state index in [1.54, 1.807) is 30.3 Å². The van der Waals surface area contributed by atoms with E-state index in [4.69, 9.17) is 9.47 Å². The smallest absolute Gasteiger partial charge is 0.338 e. The number of rotatable bonds is 8. The summed E-state index contributed by atoms with van der Waals surface area (Å²) in [5.41, 5.74) is 1.10. The molecule has 0 bridgehead atoms. The molecule has 0 aliphatic carbocycles. The summed E-state index contributed by atoms with van der Waals surface area (Å²) in [5.74, 6) is -0.857. The zero-order valence-electron chi connectivity index (χ0n) is 17.4. The highest BCUT2D eigenvalue weighted by Gasteiger charge is 2.26. The number of anilines is 1. The molecule has 2 aromatic rings. The molecule has 1 heterocycles. The van der Waals surface area contributed by atoms with Crippen molar-refractivity contribution in [1.29, 1.82) is 0 Å². The highest BCUT2D eigenvalue weighted by atomic mass is 32.2. The molecule has 0 saturated carbocycles. The number of unbranched alkanes of at least 4 members (excludes halogenated alkanes) is 1. The van der Waals surface area contributed by atoms with Crippen molar-refractivity contribution >= 4 is 27.6 Å². The van der Waals surface area contributed by atoms with Gasteiger partial charge in [-0.15, -0.1) is 0 Å². The molecule has 1 amide bonds. The van der Waals surface area contributed by atoms with Gasteiger partial charge in [0.15, 0.2) is 0 Å². The summed E-state index contributed by atoms with van der Waals surface area (Å²) < 4.78 is 37.3. The maximum absolute atomic E-state index is 12.8. The van der Waals surface area contributed by atoms with Crippen LogP contribution in [0.3, 0.4) is 0 Å². The van der Waals surface area contributed by atoms with Gasteiger partial charge in [-0.2, -0.15) is 4.31 Å². The molecule has 8 nitrogen and oxygen atoms in total. The second-order valence-electron chi connectivity index (χ2n) is 7.07. The van der Waals surface area contributed by atoms with E-state index in [0.717, 1.165) is 12.8 Å². The van der Waals surface area contributed by atoms with Crippen molar-refractivity contribution in [2.75, 3.05) is 38.2 Å². The predicted octanol–water partition coefficient (Wildman–Crippen LogP) is 2.92. The molecule has 31 heavy (non-hydrogen) atoms. The maximum Gasteiger partial charge on any atom is 0.338 e. The van der Waals surface area contributed by atoms with Crippen LogP contribution in [0.2, 0.25) is 0 Å². The number of nitrogens with zero attached hydrogens (tertiary/aromatic N) is 1. The second kappa shape index (κ2) is 10.5. The highest BCUT2D eigenvalue weighted by molar-refractivity contribution is 7.89. The Kier molecular flexibility index (Phi) is 7.78. The van der Waals surface area contributed by atoms with E-state index in [0.29, 0.717) is 31.1 Å². The van der Waals surface area contributed by atoms with Crippen molar-refractivity contribution in [3.63, 3.8) is 0 Å². The van der Waals surface area contributed by atoms with Gasteiger partial charge < -0.3 is 14.8 Å². The number of ether oxygens (including phenoxy) is 2. The molecule has 1 aliphatic heterocycles. The first-order chi connectivity index (χ1) is 14.9. The summed E-state index contributed by atoms with van der Waals surface area (Å²) in [4.78, 5) is 24.7. The Bertz CT molecular complexity index is 1010. The number of sulfonamides is 1. The van der Waals surface area contributed by atoms with Crippen LogP contribution >= 0.6 is 0 Å². The Labute approximate surface area is 182 Å². The highest BCUT2D eigenvalue weighted by Crippen LogP contribution is 2.19. The van der Waals surface area contributed by atoms with E-state index in [9.17, 15) is 18.0 Å². The molecular weight excluding hydrogens is 420 g/mol. The van der Waals surface area contributed by atoms with Crippen LogP contribution in [0.15, 0.2) is 53.4 Å². The fourth-order valence-corrected chi connectivity index (χ4v) is 4.47. The fraction of sp³-hybridized carbons (Fsp3) is 0.364. The number of benzene rings is 2. The number of esters is 1. The number of hydrogen-bond donors (Lipinski definition) is 1. The molecule has 1 N–H and O–H groups in total. The van der Waals surface area contributed by atoms with Crippen LogP contribution in [-0.2, 0) is 19.5 Å². The van der Waals surface area contributed by atoms with Crippen molar-refractivity contribution in [3.05, 3.63) is 59.7 Å². The van der Waals surface area contributed by atoms with E-state index in [2.05, 4.69) is 5.32 Å². The van der Waals surface area contributed by atoms with Crippen LogP contribution < -0.4 is 5.32 Å². The molecule has 2 aromatic carbocycles. The average Bonchev–Trinajstić information content (AvgIpc) is 2.80. The van der Waals surface area contributed by atoms with Gasteiger partial charge in [0.2, 0.25) is 10.0 Å². The van der Waals surface area contributed by atoms with Gasteiger partial charge in [0, 0.05) is 24.3 Å². The Morgan fingerprint density at radius 1 is 1.06 bits per heavy atom. The van der Waals surface area contributed by atoms with Crippen LogP contribution in [0.1, 0.15) is 40.5 Å². The lowest BCUT2D eigenvalue weighted by atomic mass is 10.2. The van der Waals surface area contributed by atoms with Crippen molar-refractivity contribution in [2.45, 2.75) is 24.7 Å². The van der Waals surface area contributed by atoms with Crippen LogP contribution in [0.4, 0.5) is 5.69 Å². The van der Waals surface area contributed by atoms with Crippen LogP contribution in [0.25, 0.3) is 0 Å². The number of carbonyl (C=O) groups excluding carboxylic acids is 2. The number of morpholine rings is 1. The van der Waals surface area contributed by atoms with Crippen LogP contribution in [0, 0.1) is 0 Å². The summed E-state index contributed by atoms with van der Waals surface area (Å²) in [6, 6.07) is 12.3. The number of carbonyl (C=O) groups is 2. The summed E-state index contributed by atoms with van der Waals surface area (Å²) in [7, 11) is -3.69. The number of nitrogens with one attached hydrogen (secondary N) is 1. The largest absolute Gasteiger partial charge is 0.462 e. The molecule has 9 heteroatoms. The van der Waals surface area contributed by atoms with Crippen molar-refractivity contribution in [2.24, 2.45) is 0 Å². The molecule has 0 atom stereocenters. The first-order valence-electron chi connectivity index (χ1n) is 10.2. The topological polar surface area (TPSA) is 102 Å². The lowest BCUT2D eigenvalue weighted by molar-refractivity contribution is 0.0499. The maximum atomic E-state index is 12.8. The number of hydrogen-bond acceptors (Lipinski definition) is 6. The van der Waals surface area contributed by atoms with E-state index in [1.165, 1.54) is 22.5 Å². The minimum atomic E-state index is -3.69. The lowest BCUT2D eigenvalue weighted by Gasteiger charge is -2.26. The normalized spacial score (nSPS) is 14.7. The summed E-state index contributed by atoms with van der Waals surface area (Å²) in [6.07, 6.45) is 1.74. The molecule has 0 spiro atoms. The summed E-state index contributed by atoms with van der Waals surface area (Å²) >= 11 is 0. The molecule has 1 fully saturated rings. The zero-order valence-corrected chi connectivity index (χ0v) is 18.2. The quantitative estimate of drug-likeness (QED) is 0.494. The zero-order chi connectivity index (χ0) is 22.3. The van der Waals surface area contributed by atoms with Gasteiger partial charge in [0.05, 0.1) is 30.3 Å². The van der Waals surface area contributed by atoms with Gasteiger partial charge in [0.25, 0.3) is 5.91 Å². The van der Waals surface area contributed by atoms with E-state index >= 15 is 0 Å². The van der Waals surface area contributed by atoms with Crippen molar-refractivity contribution < 1.29 is 27.5 Å². The molecule has 0 unspecified atom stereocenters. The molecule has 1 saturated heterocycles. The molecule has 0 aromatic heterocycles. The third-order valence-corrected chi connectivity index (χ3v) is 6.71. The van der Waals surface area contributed by atoms with Crippen LogP contribution in [-0.4, -0.2) is 57.5 Å². The first-order valence-corrected chi connectivity index (χ1v) is 11.6. The lowest BCUT2D eigenvalue weighted by Crippen LogP contribution is -2.40. The Balaban J connectivity index is 1.67.